The van der Waals surface area contributed by atoms with Crippen LogP contribution in [-0.4, -0.2) is 7.11 Å². The van der Waals surface area contributed by atoms with Crippen molar-refractivity contribution in [3.63, 3.8) is 0 Å². The highest BCUT2D eigenvalue weighted by atomic mass is 16.5. The molecule has 0 aliphatic carbocycles. The number of unbranched alkanes of at least 4 members (excludes halogenated alkanes) is 3. The standard InChI is InChI=1S/C15H24O/c1-4-5-6-10-13-15(2,16-3)14-11-8-7-9-12-14/h7-9,11-12H,4-6,10,13H2,1-3H3/t15-/m0/s1. The number of benzene rings is 1. The Bertz CT molecular complexity index is 281. The van der Waals surface area contributed by atoms with E-state index in [4.69, 9.17) is 4.74 Å². The largest absolute Gasteiger partial charge is 0.374 e. The van der Waals surface area contributed by atoms with Gasteiger partial charge in [0.2, 0.25) is 0 Å². The van der Waals surface area contributed by atoms with Crippen LogP contribution in [0.3, 0.4) is 0 Å². The molecule has 1 rings (SSSR count). The maximum absolute atomic E-state index is 5.70. The molecule has 0 radical (unpaired) electrons. The zero-order valence-corrected chi connectivity index (χ0v) is 10.8. The third-order valence-corrected chi connectivity index (χ3v) is 3.34. The summed E-state index contributed by atoms with van der Waals surface area (Å²) in [5.41, 5.74) is 1.17. The molecule has 0 heterocycles. The van der Waals surface area contributed by atoms with E-state index < -0.39 is 0 Å². The van der Waals surface area contributed by atoms with Gasteiger partial charge in [-0.15, -0.1) is 0 Å². The summed E-state index contributed by atoms with van der Waals surface area (Å²) in [7, 11) is 1.81. The molecule has 1 aromatic carbocycles. The van der Waals surface area contributed by atoms with Gasteiger partial charge in [-0.25, -0.2) is 0 Å². The van der Waals surface area contributed by atoms with Gasteiger partial charge in [0.25, 0.3) is 0 Å². The Morgan fingerprint density at radius 3 is 2.31 bits per heavy atom. The fraction of sp³-hybridized carbons (Fsp3) is 0.600. The number of methoxy groups -OCH3 is 1. The predicted octanol–water partition coefficient (Wildman–Crippen LogP) is 4.52. The first-order chi connectivity index (χ1) is 7.73. The summed E-state index contributed by atoms with van der Waals surface area (Å²) in [6.45, 7) is 4.43. The summed E-state index contributed by atoms with van der Waals surface area (Å²) in [5.74, 6) is 0. The maximum atomic E-state index is 5.70. The Labute approximate surface area is 99.8 Å². The van der Waals surface area contributed by atoms with E-state index in [0.29, 0.717) is 0 Å². The fourth-order valence-corrected chi connectivity index (χ4v) is 2.04. The number of ether oxygens (including phenoxy) is 1. The summed E-state index contributed by atoms with van der Waals surface area (Å²) in [6.07, 6.45) is 6.27. The lowest BCUT2D eigenvalue weighted by Gasteiger charge is -2.28. The molecule has 0 saturated carbocycles. The van der Waals surface area contributed by atoms with Crippen molar-refractivity contribution in [2.75, 3.05) is 7.11 Å². The molecule has 0 aliphatic heterocycles. The first-order valence-electron chi connectivity index (χ1n) is 6.33. The van der Waals surface area contributed by atoms with Crippen LogP contribution in [-0.2, 0) is 10.3 Å². The van der Waals surface area contributed by atoms with Crippen molar-refractivity contribution in [1.82, 2.24) is 0 Å². The second kappa shape index (κ2) is 6.70. The minimum Gasteiger partial charge on any atom is -0.374 e. The fourth-order valence-electron chi connectivity index (χ4n) is 2.04. The molecule has 0 spiro atoms. The lowest BCUT2D eigenvalue weighted by Crippen LogP contribution is -2.24. The summed E-state index contributed by atoms with van der Waals surface area (Å²) < 4.78 is 5.70. The Morgan fingerprint density at radius 2 is 1.75 bits per heavy atom. The van der Waals surface area contributed by atoms with Crippen molar-refractivity contribution in [3.05, 3.63) is 35.9 Å². The van der Waals surface area contributed by atoms with Crippen LogP contribution in [0, 0.1) is 0 Å². The normalized spacial score (nSPS) is 14.7. The molecule has 90 valence electrons. The molecule has 1 aromatic rings. The maximum Gasteiger partial charge on any atom is 0.0899 e. The molecule has 0 N–H and O–H groups in total. The minimum atomic E-state index is -0.116. The van der Waals surface area contributed by atoms with Crippen LogP contribution in [0.2, 0.25) is 0 Å². The Balaban J connectivity index is 2.56. The average molecular weight is 220 g/mol. The van der Waals surface area contributed by atoms with Crippen molar-refractivity contribution in [3.8, 4) is 0 Å². The molecule has 0 bridgehead atoms. The van der Waals surface area contributed by atoms with Gasteiger partial charge in [-0.05, 0) is 18.9 Å². The van der Waals surface area contributed by atoms with Gasteiger partial charge in [-0.3, -0.25) is 0 Å². The van der Waals surface area contributed by atoms with E-state index in [2.05, 4.69) is 44.2 Å². The lowest BCUT2D eigenvalue weighted by atomic mass is 9.90. The average Bonchev–Trinajstić information content (AvgIpc) is 2.35. The first-order valence-corrected chi connectivity index (χ1v) is 6.33. The van der Waals surface area contributed by atoms with Gasteiger partial charge in [0.15, 0.2) is 0 Å². The first kappa shape index (κ1) is 13.2. The highest BCUT2D eigenvalue weighted by Gasteiger charge is 2.24. The zero-order valence-electron chi connectivity index (χ0n) is 10.8. The second-order valence-corrected chi connectivity index (χ2v) is 4.61. The summed E-state index contributed by atoms with van der Waals surface area (Å²) in [5, 5.41) is 0. The van der Waals surface area contributed by atoms with E-state index in [1.165, 1.54) is 31.2 Å². The molecule has 0 fully saturated rings. The van der Waals surface area contributed by atoms with Gasteiger partial charge in [0, 0.05) is 7.11 Å². The third kappa shape index (κ3) is 3.64. The van der Waals surface area contributed by atoms with Crippen molar-refractivity contribution in [2.45, 2.75) is 51.6 Å². The monoisotopic (exact) mass is 220 g/mol. The Kier molecular flexibility index (Phi) is 5.54. The van der Waals surface area contributed by atoms with Gasteiger partial charge in [-0.1, -0.05) is 62.9 Å². The summed E-state index contributed by atoms with van der Waals surface area (Å²) in [4.78, 5) is 0. The van der Waals surface area contributed by atoms with Crippen LogP contribution in [0.1, 0.15) is 51.5 Å². The van der Waals surface area contributed by atoms with Gasteiger partial charge in [0.1, 0.15) is 0 Å². The Morgan fingerprint density at radius 1 is 1.06 bits per heavy atom. The van der Waals surface area contributed by atoms with Gasteiger partial charge in [-0.2, -0.15) is 0 Å². The summed E-state index contributed by atoms with van der Waals surface area (Å²) >= 11 is 0. The van der Waals surface area contributed by atoms with Crippen LogP contribution in [0.15, 0.2) is 30.3 Å². The molecule has 16 heavy (non-hydrogen) atoms. The predicted molar refractivity (Wildman–Crippen MR) is 69.6 cm³/mol. The molecular formula is C15H24O. The minimum absolute atomic E-state index is 0.116. The number of hydrogen-bond donors (Lipinski definition) is 0. The van der Waals surface area contributed by atoms with E-state index in [1.807, 2.05) is 7.11 Å². The SMILES string of the molecule is CCCCCC[C@](C)(OC)c1ccccc1. The van der Waals surface area contributed by atoms with Crippen LogP contribution >= 0.6 is 0 Å². The van der Waals surface area contributed by atoms with Crippen molar-refractivity contribution in [2.24, 2.45) is 0 Å². The van der Waals surface area contributed by atoms with Crippen LogP contribution in [0.25, 0.3) is 0 Å². The number of rotatable bonds is 7. The van der Waals surface area contributed by atoms with Crippen LogP contribution in [0.4, 0.5) is 0 Å². The van der Waals surface area contributed by atoms with Crippen molar-refractivity contribution in [1.29, 1.82) is 0 Å². The van der Waals surface area contributed by atoms with Crippen LogP contribution < -0.4 is 0 Å². The molecule has 0 aliphatic rings. The second-order valence-electron chi connectivity index (χ2n) is 4.61. The van der Waals surface area contributed by atoms with E-state index in [-0.39, 0.29) is 5.60 Å². The van der Waals surface area contributed by atoms with E-state index in [1.54, 1.807) is 0 Å². The van der Waals surface area contributed by atoms with Crippen molar-refractivity contribution >= 4 is 0 Å². The molecular weight excluding hydrogens is 196 g/mol. The van der Waals surface area contributed by atoms with E-state index in [9.17, 15) is 0 Å². The molecule has 1 nitrogen and oxygen atoms in total. The van der Waals surface area contributed by atoms with Gasteiger partial charge < -0.3 is 4.74 Å². The topological polar surface area (TPSA) is 9.23 Å². The molecule has 0 amide bonds. The number of hydrogen-bond acceptors (Lipinski definition) is 1. The third-order valence-electron chi connectivity index (χ3n) is 3.34. The highest BCUT2D eigenvalue weighted by Crippen LogP contribution is 2.30. The van der Waals surface area contributed by atoms with E-state index in [0.717, 1.165) is 6.42 Å². The Hall–Kier alpha value is -0.820. The smallest absolute Gasteiger partial charge is 0.0899 e. The molecule has 0 aromatic heterocycles. The quantitative estimate of drug-likeness (QED) is 0.614. The molecule has 1 heteroatoms. The van der Waals surface area contributed by atoms with Gasteiger partial charge in [0.05, 0.1) is 5.60 Å². The molecule has 0 unspecified atom stereocenters. The highest BCUT2D eigenvalue weighted by molar-refractivity contribution is 5.21. The van der Waals surface area contributed by atoms with Crippen LogP contribution in [0.5, 0.6) is 0 Å². The van der Waals surface area contributed by atoms with Crippen molar-refractivity contribution < 1.29 is 4.74 Å². The molecule has 1 atom stereocenters. The lowest BCUT2D eigenvalue weighted by molar-refractivity contribution is -0.00759. The molecule has 0 saturated heterocycles. The van der Waals surface area contributed by atoms with Gasteiger partial charge >= 0.3 is 0 Å². The zero-order chi connectivity index (χ0) is 11.9. The van der Waals surface area contributed by atoms with E-state index >= 15 is 0 Å². The summed E-state index contributed by atoms with van der Waals surface area (Å²) in [6, 6.07) is 10.5.